The quantitative estimate of drug-likeness (QED) is 0.243. The highest BCUT2D eigenvalue weighted by molar-refractivity contribution is 6.60. The van der Waals surface area contributed by atoms with E-state index >= 15 is 0 Å². The first-order valence-electron chi connectivity index (χ1n) is 8.67. The highest BCUT2D eigenvalue weighted by Crippen LogP contribution is 2.20. The fourth-order valence-corrected chi connectivity index (χ4v) is 5.54. The van der Waals surface area contributed by atoms with E-state index in [0.717, 1.165) is 43.1 Å². The van der Waals surface area contributed by atoms with Gasteiger partial charge in [-0.2, -0.15) is 0 Å². The molecule has 0 atom stereocenters. The van der Waals surface area contributed by atoms with Crippen molar-refractivity contribution >= 4 is 8.80 Å². The van der Waals surface area contributed by atoms with E-state index < -0.39 is 8.80 Å². The summed E-state index contributed by atoms with van der Waals surface area (Å²) in [7, 11) is -2.55. The van der Waals surface area contributed by atoms with Gasteiger partial charge >= 0.3 is 8.80 Å². The van der Waals surface area contributed by atoms with Gasteiger partial charge in [-0.15, -0.1) is 0 Å². The number of hydrogen-bond acceptors (Lipinski definition) is 3. The van der Waals surface area contributed by atoms with Gasteiger partial charge in [0.2, 0.25) is 0 Å². The largest absolute Gasteiger partial charge is 0.501 e. The minimum Gasteiger partial charge on any atom is -0.374 e. The topological polar surface area (TPSA) is 27.7 Å². The van der Waals surface area contributed by atoms with Gasteiger partial charge < -0.3 is 17.8 Å². The zero-order valence-corrected chi connectivity index (χ0v) is 16.4. The van der Waals surface area contributed by atoms with Gasteiger partial charge in [-0.25, -0.2) is 0 Å². The van der Waals surface area contributed by atoms with Crippen LogP contribution in [0.5, 0.6) is 0 Å². The Morgan fingerprint density at radius 3 is 1.48 bits per heavy atom. The maximum atomic E-state index is 5.93. The second-order valence-corrected chi connectivity index (χ2v) is 8.30. The molecule has 0 unspecified atom stereocenters. The van der Waals surface area contributed by atoms with Crippen molar-refractivity contribution in [2.75, 3.05) is 46.0 Å². The van der Waals surface area contributed by atoms with Crippen molar-refractivity contribution in [3.63, 3.8) is 0 Å². The van der Waals surface area contributed by atoms with Crippen molar-refractivity contribution in [2.24, 2.45) is 0 Å². The molecule has 0 saturated heterocycles. The van der Waals surface area contributed by atoms with E-state index in [2.05, 4.69) is 19.7 Å². The number of rotatable bonds is 16. The molecule has 5 heteroatoms. The van der Waals surface area contributed by atoms with Crippen LogP contribution in [0.15, 0.2) is 38.0 Å². The first-order valence-corrected chi connectivity index (χ1v) is 10.6. The molecular formula is C18H36NO3Si+. The predicted octanol–water partition coefficient (Wildman–Crippen LogP) is 3.80. The standard InChI is InChI=1S/C18H36NO3Si/c1-7-14-19(15-8-2,16-9-3)17-13-18-23(20-10-4,21-11-5)22-12-6/h7-9H,1-3,10-18H2,4-6H3/q+1. The lowest BCUT2D eigenvalue weighted by Gasteiger charge is -2.37. The second kappa shape index (κ2) is 12.7. The average molecular weight is 343 g/mol. The summed E-state index contributed by atoms with van der Waals surface area (Å²) in [5.41, 5.74) is 0. The van der Waals surface area contributed by atoms with Crippen molar-refractivity contribution in [1.29, 1.82) is 0 Å². The summed E-state index contributed by atoms with van der Waals surface area (Å²) >= 11 is 0. The molecule has 0 radical (unpaired) electrons. The van der Waals surface area contributed by atoms with Gasteiger partial charge in [0.15, 0.2) is 0 Å². The fourth-order valence-electron chi connectivity index (χ4n) is 2.95. The minimum absolute atomic E-state index is 0.623. The average Bonchev–Trinajstić information content (AvgIpc) is 2.49. The molecule has 0 amide bonds. The minimum atomic E-state index is -2.55. The highest BCUT2D eigenvalue weighted by atomic mass is 28.4. The van der Waals surface area contributed by atoms with Crippen LogP contribution >= 0.6 is 0 Å². The lowest BCUT2D eigenvalue weighted by atomic mass is 10.2. The van der Waals surface area contributed by atoms with Crippen molar-refractivity contribution in [3.05, 3.63) is 38.0 Å². The Labute approximate surface area is 144 Å². The van der Waals surface area contributed by atoms with E-state index in [4.69, 9.17) is 13.3 Å². The normalized spacial score (nSPS) is 12.1. The molecule has 134 valence electrons. The Hall–Kier alpha value is -0.723. The third kappa shape index (κ3) is 8.08. The molecule has 0 aliphatic rings. The fraction of sp³-hybridized carbons (Fsp3) is 0.667. The molecule has 0 fully saturated rings. The molecule has 0 saturated carbocycles. The molecule has 0 aromatic carbocycles. The van der Waals surface area contributed by atoms with Crippen LogP contribution in [0.1, 0.15) is 27.2 Å². The monoisotopic (exact) mass is 342 g/mol. The van der Waals surface area contributed by atoms with E-state index in [1.807, 2.05) is 39.0 Å². The van der Waals surface area contributed by atoms with Crippen molar-refractivity contribution < 1.29 is 17.8 Å². The Balaban J connectivity index is 4.92. The molecule has 0 N–H and O–H groups in total. The van der Waals surface area contributed by atoms with E-state index in [9.17, 15) is 0 Å². The third-order valence-corrected chi connectivity index (χ3v) is 6.91. The third-order valence-electron chi connectivity index (χ3n) is 3.76. The molecule has 4 nitrogen and oxygen atoms in total. The van der Waals surface area contributed by atoms with Gasteiger partial charge in [0.05, 0.1) is 26.2 Å². The second-order valence-electron chi connectivity index (χ2n) is 5.56. The van der Waals surface area contributed by atoms with Crippen LogP contribution in [-0.2, 0) is 13.3 Å². The van der Waals surface area contributed by atoms with Gasteiger partial charge in [0.1, 0.15) is 0 Å². The Morgan fingerprint density at radius 2 is 1.17 bits per heavy atom. The maximum absolute atomic E-state index is 5.93. The zero-order valence-electron chi connectivity index (χ0n) is 15.4. The van der Waals surface area contributed by atoms with Crippen molar-refractivity contribution in [2.45, 2.75) is 33.2 Å². The Kier molecular flexibility index (Phi) is 12.3. The lowest BCUT2D eigenvalue weighted by Crippen LogP contribution is -2.51. The van der Waals surface area contributed by atoms with Crippen LogP contribution in [0.25, 0.3) is 0 Å². The van der Waals surface area contributed by atoms with Gasteiger partial charge in [-0.1, -0.05) is 19.7 Å². The first-order chi connectivity index (χ1) is 11.1. The summed E-state index contributed by atoms with van der Waals surface area (Å²) in [4.78, 5) is 0. The van der Waals surface area contributed by atoms with E-state index in [1.165, 1.54) is 0 Å². The van der Waals surface area contributed by atoms with E-state index in [0.29, 0.717) is 19.8 Å². The van der Waals surface area contributed by atoms with Crippen LogP contribution in [-0.4, -0.2) is 59.3 Å². The molecule has 23 heavy (non-hydrogen) atoms. The summed E-state index contributed by atoms with van der Waals surface area (Å²) in [6, 6.07) is 0.841. The van der Waals surface area contributed by atoms with Crippen LogP contribution < -0.4 is 0 Å². The first kappa shape index (κ1) is 22.3. The summed E-state index contributed by atoms with van der Waals surface area (Å²) in [6.07, 6.45) is 6.92. The molecule has 0 aliphatic heterocycles. The van der Waals surface area contributed by atoms with Crippen LogP contribution in [0.3, 0.4) is 0 Å². The SMILES string of the molecule is C=CC[N+](CC=C)(CC=C)CCC[Si](OCC)(OCC)OCC. The number of quaternary nitrogens is 1. The smallest absolute Gasteiger partial charge is 0.374 e. The summed E-state index contributed by atoms with van der Waals surface area (Å²) < 4.78 is 18.7. The molecule has 0 heterocycles. The molecular weight excluding hydrogens is 306 g/mol. The Morgan fingerprint density at radius 1 is 0.783 bits per heavy atom. The van der Waals surface area contributed by atoms with Gasteiger partial charge in [0, 0.05) is 32.3 Å². The predicted molar refractivity (Wildman–Crippen MR) is 100 cm³/mol. The van der Waals surface area contributed by atoms with Crippen LogP contribution in [0.2, 0.25) is 6.04 Å². The molecule has 0 aliphatic carbocycles. The Bertz CT molecular complexity index is 304. The van der Waals surface area contributed by atoms with Crippen molar-refractivity contribution in [1.82, 2.24) is 0 Å². The maximum Gasteiger partial charge on any atom is 0.501 e. The van der Waals surface area contributed by atoms with Crippen LogP contribution in [0.4, 0.5) is 0 Å². The van der Waals surface area contributed by atoms with E-state index in [-0.39, 0.29) is 0 Å². The van der Waals surface area contributed by atoms with Gasteiger partial charge in [0.25, 0.3) is 0 Å². The molecule has 0 spiro atoms. The highest BCUT2D eigenvalue weighted by Gasteiger charge is 2.40. The molecule has 0 aromatic heterocycles. The zero-order chi connectivity index (χ0) is 17.6. The van der Waals surface area contributed by atoms with E-state index in [1.54, 1.807) is 0 Å². The summed E-state index contributed by atoms with van der Waals surface area (Å²) in [5, 5.41) is 0. The van der Waals surface area contributed by atoms with Crippen molar-refractivity contribution in [3.8, 4) is 0 Å². The number of hydrogen-bond donors (Lipinski definition) is 0. The van der Waals surface area contributed by atoms with Gasteiger partial charge in [-0.3, -0.25) is 0 Å². The van der Waals surface area contributed by atoms with Crippen LogP contribution in [0, 0.1) is 0 Å². The summed E-state index contributed by atoms with van der Waals surface area (Å²) in [5.74, 6) is 0. The summed E-state index contributed by atoms with van der Waals surface area (Å²) in [6.45, 7) is 23.3. The number of nitrogens with zero attached hydrogens (tertiary/aromatic N) is 1. The van der Waals surface area contributed by atoms with Gasteiger partial charge in [-0.05, 0) is 39.0 Å². The lowest BCUT2D eigenvalue weighted by molar-refractivity contribution is -0.911. The molecule has 0 rings (SSSR count). The molecule has 0 aromatic rings. The molecule has 0 bridgehead atoms.